The Kier molecular flexibility index (Phi) is 5.72. The first-order chi connectivity index (χ1) is 10.7. The monoisotopic (exact) mass is 298 g/mol. The van der Waals surface area contributed by atoms with Gasteiger partial charge in [-0.3, -0.25) is 0 Å². The molecule has 1 atom stereocenters. The van der Waals surface area contributed by atoms with Crippen LogP contribution >= 0.6 is 0 Å². The molecule has 0 aliphatic heterocycles. The maximum atomic E-state index is 11.8. The van der Waals surface area contributed by atoms with Gasteiger partial charge in [0, 0.05) is 6.42 Å². The smallest absolute Gasteiger partial charge is 0.338 e. The van der Waals surface area contributed by atoms with Crippen molar-refractivity contribution in [3.05, 3.63) is 71.8 Å². The highest BCUT2D eigenvalue weighted by Crippen LogP contribution is 2.07. The van der Waals surface area contributed by atoms with Crippen LogP contribution < -0.4 is 0 Å². The normalized spacial score (nSPS) is 11.5. The minimum absolute atomic E-state index is 0.205. The fraction of sp³-hybridized carbons (Fsp3) is 0.222. The summed E-state index contributed by atoms with van der Waals surface area (Å²) < 4.78 is 10.4. The Balaban J connectivity index is 1.73. The van der Waals surface area contributed by atoms with E-state index >= 15 is 0 Å². The summed E-state index contributed by atoms with van der Waals surface area (Å²) in [5.41, 5.74) is 1.02. The number of carbonyl (C=O) groups excluding carboxylic acids is 2. The van der Waals surface area contributed by atoms with Gasteiger partial charge in [0.25, 0.3) is 0 Å². The molecular formula is C18H18O4. The number of carbonyl (C=O) groups is 2. The van der Waals surface area contributed by atoms with Crippen molar-refractivity contribution in [2.45, 2.75) is 19.4 Å². The molecule has 4 nitrogen and oxygen atoms in total. The topological polar surface area (TPSA) is 52.6 Å². The van der Waals surface area contributed by atoms with Crippen LogP contribution in [-0.4, -0.2) is 24.6 Å². The van der Waals surface area contributed by atoms with Gasteiger partial charge in [-0.1, -0.05) is 36.4 Å². The lowest BCUT2D eigenvalue weighted by Gasteiger charge is -2.13. The van der Waals surface area contributed by atoms with Crippen LogP contribution in [0.25, 0.3) is 0 Å². The third-order valence-corrected chi connectivity index (χ3v) is 3.08. The second-order valence-corrected chi connectivity index (χ2v) is 4.87. The van der Waals surface area contributed by atoms with E-state index in [2.05, 4.69) is 0 Å². The molecule has 0 radical (unpaired) electrons. The fourth-order valence-corrected chi connectivity index (χ4v) is 1.86. The lowest BCUT2D eigenvalue weighted by molar-refractivity contribution is 0.0229. The van der Waals surface area contributed by atoms with Crippen molar-refractivity contribution in [3.63, 3.8) is 0 Å². The van der Waals surface area contributed by atoms with Crippen LogP contribution in [0.2, 0.25) is 0 Å². The molecule has 2 aromatic rings. The number of benzene rings is 2. The van der Waals surface area contributed by atoms with Crippen molar-refractivity contribution < 1.29 is 19.1 Å². The molecule has 0 saturated carbocycles. The maximum absolute atomic E-state index is 11.8. The molecule has 0 aromatic heterocycles. The molecule has 0 unspecified atom stereocenters. The second-order valence-electron chi connectivity index (χ2n) is 4.87. The molecule has 114 valence electrons. The Morgan fingerprint density at radius 2 is 1.36 bits per heavy atom. The van der Waals surface area contributed by atoms with E-state index in [9.17, 15) is 9.59 Å². The van der Waals surface area contributed by atoms with Gasteiger partial charge in [0.1, 0.15) is 6.10 Å². The summed E-state index contributed by atoms with van der Waals surface area (Å²) in [6.07, 6.45) is 0.133. The van der Waals surface area contributed by atoms with Gasteiger partial charge in [-0.15, -0.1) is 0 Å². The maximum Gasteiger partial charge on any atom is 0.338 e. The van der Waals surface area contributed by atoms with Gasteiger partial charge >= 0.3 is 11.9 Å². The summed E-state index contributed by atoms with van der Waals surface area (Å²) in [5, 5.41) is 0. The van der Waals surface area contributed by atoms with Crippen LogP contribution in [0.1, 0.15) is 34.1 Å². The highest BCUT2D eigenvalue weighted by Gasteiger charge is 2.13. The molecule has 0 bridgehead atoms. The summed E-state index contributed by atoms with van der Waals surface area (Å²) >= 11 is 0. The van der Waals surface area contributed by atoms with Crippen molar-refractivity contribution in [1.29, 1.82) is 0 Å². The van der Waals surface area contributed by atoms with E-state index in [1.165, 1.54) is 0 Å². The van der Waals surface area contributed by atoms with Gasteiger partial charge in [0.2, 0.25) is 0 Å². The SMILES string of the molecule is C[C@@H](CCOC(=O)c1ccccc1)OC(=O)c1ccccc1. The predicted molar refractivity (Wildman–Crippen MR) is 82.7 cm³/mol. The standard InChI is InChI=1S/C18H18O4/c1-14(22-18(20)16-10-6-3-7-11-16)12-13-21-17(19)15-8-4-2-5-9-15/h2-11,14H,12-13H2,1H3/t14-/m0/s1. The minimum Gasteiger partial charge on any atom is -0.462 e. The fourth-order valence-electron chi connectivity index (χ4n) is 1.86. The summed E-state index contributed by atoms with van der Waals surface area (Å²) in [5.74, 6) is -0.746. The molecule has 2 aromatic carbocycles. The van der Waals surface area contributed by atoms with E-state index in [1.54, 1.807) is 55.5 Å². The third kappa shape index (κ3) is 4.74. The first-order valence-electron chi connectivity index (χ1n) is 7.15. The van der Waals surface area contributed by atoms with E-state index in [-0.39, 0.29) is 24.6 Å². The lowest BCUT2D eigenvalue weighted by atomic mass is 10.2. The van der Waals surface area contributed by atoms with E-state index < -0.39 is 0 Å². The number of ether oxygens (including phenoxy) is 2. The van der Waals surface area contributed by atoms with Crippen LogP contribution in [0.4, 0.5) is 0 Å². The largest absolute Gasteiger partial charge is 0.462 e. The third-order valence-electron chi connectivity index (χ3n) is 3.08. The summed E-state index contributed by atoms with van der Waals surface area (Å²) in [7, 11) is 0. The zero-order chi connectivity index (χ0) is 15.8. The van der Waals surface area contributed by atoms with E-state index in [0.717, 1.165) is 0 Å². The zero-order valence-corrected chi connectivity index (χ0v) is 12.4. The Labute approximate surface area is 129 Å². The van der Waals surface area contributed by atoms with E-state index in [1.807, 2.05) is 12.1 Å². The Morgan fingerprint density at radius 3 is 1.91 bits per heavy atom. The average Bonchev–Trinajstić information content (AvgIpc) is 2.56. The van der Waals surface area contributed by atoms with Gasteiger partial charge in [0.15, 0.2) is 0 Å². The molecule has 0 spiro atoms. The second kappa shape index (κ2) is 7.98. The summed E-state index contributed by atoms with van der Waals surface area (Å²) in [6.45, 7) is 1.98. The van der Waals surface area contributed by atoms with Crippen LogP contribution in [0.15, 0.2) is 60.7 Å². The molecule has 0 aliphatic rings. The molecule has 0 fully saturated rings. The number of rotatable bonds is 6. The first-order valence-corrected chi connectivity index (χ1v) is 7.15. The molecule has 22 heavy (non-hydrogen) atoms. The van der Waals surface area contributed by atoms with Crippen molar-refractivity contribution in [2.24, 2.45) is 0 Å². The Bertz CT molecular complexity index is 607. The average molecular weight is 298 g/mol. The van der Waals surface area contributed by atoms with Crippen LogP contribution in [0.5, 0.6) is 0 Å². The molecule has 4 heteroatoms. The number of hydrogen-bond donors (Lipinski definition) is 0. The van der Waals surface area contributed by atoms with Crippen LogP contribution in [-0.2, 0) is 9.47 Å². The predicted octanol–water partition coefficient (Wildman–Crippen LogP) is 3.48. The molecule has 0 amide bonds. The van der Waals surface area contributed by atoms with Crippen molar-refractivity contribution in [1.82, 2.24) is 0 Å². The number of hydrogen-bond acceptors (Lipinski definition) is 4. The highest BCUT2D eigenvalue weighted by atomic mass is 16.6. The minimum atomic E-state index is -0.373. The summed E-state index contributed by atoms with van der Waals surface area (Å²) in [6, 6.07) is 17.6. The van der Waals surface area contributed by atoms with E-state index in [4.69, 9.17) is 9.47 Å². The van der Waals surface area contributed by atoms with Gasteiger partial charge in [-0.25, -0.2) is 9.59 Å². The molecule has 0 N–H and O–H groups in total. The van der Waals surface area contributed by atoms with Crippen LogP contribution in [0.3, 0.4) is 0 Å². The van der Waals surface area contributed by atoms with Crippen molar-refractivity contribution in [2.75, 3.05) is 6.61 Å². The molecule has 0 aliphatic carbocycles. The quantitative estimate of drug-likeness (QED) is 0.766. The summed E-state index contributed by atoms with van der Waals surface area (Å²) in [4.78, 5) is 23.6. The molecule has 0 saturated heterocycles. The molecular weight excluding hydrogens is 280 g/mol. The molecule has 2 rings (SSSR count). The highest BCUT2D eigenvalue weighted by molar-refractivity contribution is 5.89. The molecule has 0 heterocycles. The van der Waals surface area contributed by atoms with Gasteiger partial charge < -0.3 is 9.47 Å². The first kappa shape index (κ1) is 15.8. The lowest BCUT2D eigenvalue weighted by Crippen LogP contribution is -2.18. The Morgan fingerprint density at radius 1 is 0.864 bits per heavy atom. The van der Waals surface area contributed by atoms with E-state index in [0.29, 0.717) is 17.5 Å². The number of esters is 2. The van der Waals surface area contributed by atoms with Crippen LogP contribution in [0, 0.1) is 0 Å². The van der Waals surface area contributed by atoms with Gasteiger partial charge in [0.05, 0.1) is 17.7 Å². The zero-order valence-electron chi connectivity index (χ0n) is 12.4. The van der Waals surface area contributed by atoms with Crippen molar-refractivity contribution >= 4 is 11.9 Å². The van der Waals surface area contributed by atoms with Gasteiger partial charge in [-0.2, -0.15) is 0 Å². The van der Waals surface area contributed by atoms with Crippen molar-refractivity contribution in [3.8, 4) is 0 Å². The Hall–Kier alpha value is -2.62. The van der Waals surface area contributed by atoms with Gasteiger partial charge in [-0.05, 0) is 31.2 Å².